The predicted octanol–water partition coefficient (Wildman–Crippen LogP) is 2.85. The summed E-state index contributed by atoms with van der Waals surface area (Å²) in [5.74, 6) is -0.0235. The predicted molar refractivity (Wildman–Crippen MR) is 103 cm³/mol. The Kier molecular flexibility index (Phi) is 6.03. The summed E-state index contributed by atoms with van der Waals surface area (Å²) in [5.41, 5.74) is 1.92. The minimum Gasteiger partial charge on any atom is -0.368 e. The molecule has 27 heavy (non-hydrogen) atoms. The standard InChI is InChI=1S/C20H23N3O4/c1-16(27-15-17-6-3-2-4-7-17)20(24)22-12-10-21(11-13-22)18-8-5-9-19(14-18)23(25)26/h2-9,14,16H,10-13,15H2,1H3. The molecule has 2 aromatic rings. The molecule has 1 heterocycles. The molecule has 0 spiro atoms. The highest BCUT2D eigenvalue weighted by Crippen LogP contribution is 2.22. The molecular weight excluding hydrogens is 346 g/mol. The van der Waals surface area contributed by atoms with Gasteiger partial charge in [0.05, 0.1) is 11.5 Å². The summed E-state index contributed by atoms with van der Waals surface area (Å²) in [6, 6.07) is 16.4. The second-order valence-electron chi connectivity index (χ2n) is 6.53. The van der Waals surface area contributed by atoms with E-state index < -0.39 is 11.0 Å². The van der Waals surface area contributed by atoms with Crippen LogP contribution in [0.1, 0.15) is 12.5 Å². The average molecular weight is 369 g/mol. The number of hydrogen-bond acceptors (Lipinski definition) is 5. The number of benzene rings is 2. The topological polar surface area (TPSA) is 75.9 Å². The molecule has 7 heteroatoms. The number of nitro groups is 1. The Hall–Kier alpha value is -2.93. The zero-order valence-electron chi connectivity index (χ0n) is 15.3. The van der Waals surface area contributed by atoms with E-state index in [0.717, 1.165) is 11.3 Å². The maximum absolute atomic E-state index is 12.6. The number of amides is 1. The van der Waals surface area contributed by atoms with Crippen molar-refractivity contribution in [2.45, 2.75) is 19.6 Å². The van der Waals surface area contributed by atoms with Gasteiger partial charge in [0.15, 0.2) is 0 Å². The van der Waals surface area contributed by atoms with Crippen molar-refractivity contribution in [1.82, 2.24) is 4.90 Å². The SMILES string of the molecule is CC(OCc1ccccc1)C(=O)N1CCN(c2cccc([N+](=O)[O-])c2)CC1. The van der Waals surface area contributed by atoms with Crippen molar-refractivity contribution in [2.75, 3.05) is 31.1 Å². The van der Waals surface area contributed by atoms with Gasteiger partial charge in [-0.15, -0.1) is 0 Å². The summed E-state index contributed by atoms with van der Waals surface area (Å²) in [6.45, 7) is 4.59. The molecule has 1 amide bonds. The van der Waals surface area contributed by atoms with Gasteiger partial charge in [0.1, 0.15) is 6.10 Å². The lowest BCUT2D eigenvalue weighted by Crippen LogP contribution is -2.51. The van der Waals surface area contributed by atoms with Crippen LogP contribution in [0.3, 0.4) is 0 Å². The molecule has 0 bridgehead atoms. The van der Waals surface area contributed by atoms with Crippen LogP contribution in [0.15, 0.2) is 54.6 Å². The maximum atomic E-state index is 12.6. The van der Waals surface area contributed by atoms with E-state index in [-0.39, 0.29) is 11.6 Å². The second-order valence-corrected chi connectivity index (χ2v) is 6.53. The fourth-order valence-electron chi connectivity index (χ4n) is 3.11. The fraction of sp³-hybridized carbons (Fsp3) is 0.350. The molecule has 0 N–H and O–H groups in total. The normalized spacial score (nSPS) is 15.4. The Labute approximate surface area is 158 Å². The van der Waals surface area contributed by atoms with E-state index in [0.29, 0.717) is 32.8 Å². The largest absolute Gasteiger partial charge is 0.368 e. The Morgan fingerprint density at radius 2 is 1.81 bits per heavy atom. The first-order valence-corrected chi connectivity index (χ1v) is 8.98. The number of hydrogen-bond donors (Lipinski definition) is 0. The molecule has 2 aromatic carbocycles. The molecule has 3 rings (SSSR count). The number of ether oxygens (including phenoxy) is 1. The van der Waals surface area contributed by atoms with Gasteiger partial charge < -0.3 is 14.5 Å². The minimum absolute atomic E-state index is 0.0235. The van der Waals surface area contributed by atoms with Gasteiger partial charge in [0, 0.05) is 44.0 Å². The number of rotatable bonds is 6. The van der Waals surface area contributed by atoms with Crippen LogP contribution in [0.4, 0.5) is 11.4 Å². The Morgan fingerprint density at radius 3 is 2.48 bits per heavy atom. The highest BCUT2D eigenvalue weighted by molar-refractivity contribution is 5.80. The Morgan fingerprint density at radius 1 is 1.11 bits per heavy atom. The van der Waals surface area contributed by atoms with Crippen molar-refractivity contribution >= 4 is 17.3 Å². The molecule has 1 fully saturated rings. The molecule has 7 nitrogen and oxygen atoms in total. The monoisotopic (exact) mass is 369 g/mol. The van der Waals surface area contributed by atoms with Gasteiger partial charge >= 0.3 is 0 Å². The number of nitro benzene ring substituents is 1. The smallest absolute Gasteiger partial charge is 0.271 e. The molecule has 0 radical (unpaired) electrons. The van der Waals surface area contributed by atoms with Gasteiger partial charge in [-0.05, 0) is 18.6 Å². The first-order chi connectivity index (χ1) is 13.0. The van der Waals surface area contributed by atoms with Crippen LogP contribution >= 0.6 is 0 Å². The van der Waals surface area contributed by atoms with Crippen molar-refractivity contribution < 1.29 is 14.5 Å². The van der Waals surface area contributed by atoms with E-state index in [4.69, 9.17) is 4.74 Å². The van der Waals surface area contributed by atoms with Crippen LogP contribution in [0.2, 0.25) is 0 Å². The molecule has 1 saturated heterocycles. The van der Waals surface area contributed by atoms with E-state index >= 15 is 0 Å². The van der Waals surface area contributed by atoms with E-state index in [1.807, 2.05) is 36.4 Å². The summed E-state index contributed by atoms with van der Waals surface area (Å²) in [7, 11) is 0. The average Bonchev–Trinajstić information content (AvgIpc) is 2.72. The summed E-state index contributed by atoms with van der Waals surface area (Å²) < 4.78 is 5.72. The molecule has 1 unspecified atom stereocenters. The lowest BCUT2D eigenvalue weighted by molar-refractivity contribution is -0.384. The van der Waals surface area contributed by atoms with Crippen LogP contribution in [0, 0.1) is 10.1 Å². The van der Waals surface area contributed by atoms with E-state index in [1.165, 1.54) is 6.07 Å². The molecule has 142 valence electrons. The van der Waals surface area contributed by atoms with E-state index in [2.05, 4.69) is 4.90 Å². The molecule has 0 aliphatic carbocycles. The zero-order valence-corrected chi connectivity index (χ0v) is 15.3. The Bertz CT molecular complexity index is 789. The number of anilines is 1. The van der Waals surface area contributed by atoms with E-state index in [9.17, 15) is 14.9 Å². The van der Waals surface area contributed by atoms with Crippen LogP contribution in [-0.4, -0.2) is 48.0 Å². The molecule has 0 aromatic heterocycles. The van der Waals surface area contributed by atoms with Gasteiger partial charge in [0.2, 0.25) is 0 Å². The van der Waals surface area contributed by atoms with Crippen molar-refractivity contribution in [3.05, 3.63) is 70.3 Å². The molecule has 1 atom stereocenters. The van der Waals surface area contributed by atoms with Gasteiger partial charge in [0.25, 0.3) is 11.6 Å². The van der Waals surface area contributed by atoms with Crippen molar-refractivity contribution in [3.8, 4) is 0 Å². The summed E-state index contributed by atoms with van der Waals surface area (Å²) in [4.78, 5) is 27.0. The summed E-state index contributed by atoms with van der Waals surface area (Å²) >= 11 is 0. The Balaban J connectivity index is 1.51. The molecule has 0 saturated carbocycles. The minimum atomic E-state index is -0.505. The fourth-order valence-corrected chi connectivity index (χ4v) is 3.11. The zero-order chi connectivity index (χ0) is 19.2. The van der Waals surface area contributed by atoms with Crippen molar-refractivity contribution in [1.29, 1.82) is 0 Å². The first kappa shape index (κ1) is 18.8. The van der Waals surface area contributed by atoms with Gasteiger partial charge in [-0.25, -0.2) is 0 Å². The number of carbonyl (C=O) groups is 1. The molecular formula is C20H23N3O4. The van der Waals surface area contributed by atoms with Gasteiger partial charge in [-0.1, -0.05) is 36.4 Å². The van der Waals surface area contributed by atoms with Gasteiger partial charge in [-0.2, -0.15) is 0 Å². The quantitative estimate of drug-likeness (QED) is 0.578. The number of carbonyl (C=O) groups excluding carboxylic acids is 1. The third-order valence-electron chi connectivity index (χ3n) is 4.69. The maximum Gasteiger partial charge on any atom is 0.271 e. The lowest BCUT2D eigenvalue weighted by atomic mass is 10.2. The number of piperazine rings is 1. The molecule has 1 aliphatic heterocycles. The highest BCUT2D eigenvalue weighted by atomic mass is 16.6. The van der Waals surface area contributed by atoms with Gasteiger partial charge in [-0.3, -0.25) is 14.9 Å². The number of nitrogens with zero attached hydrogens (tertiary/aromatic N) is 3. The molecule has 1 aliphatic rings. The van der Waals surface area contributed by atoms with Crippen molar-refractivity contribution in [3.63, 3.8) is 0 Å². The summed E-state index contributed by atoms with van der Waals surface area (Å²) in [5, 5.41) is 10.9. The van der Waals surface area contributed by atoms with Crippen LogP contribution in [0.25, 0.3) is 0 Å². The summed E-state index contributed by atoms with van der Waals surface area (Å²) in [6.07, 6.45) is -0.505. The second kappa shape index (κ2) is 8.64. The van der Waals surface area contributed by atoms with E-state index in [1.54, 1.807) is 24.0 Å². The highest BCUT2D eigenvalue weighted by Gasteiger charge is 2.26. The lowest BCUT2D eigenvalue weighted by Gasteiger charge is -2.37. The van der Waals surface area contributed by atoms with Crippen LogP contribution in [0.5, 0.6) is 0 Å². The third-order valence-corrected chi connectivity index (χ3v) is 4.69. The first-order valence-electron chi connectivity index (χ1n) is 8.98. The third kappa shape index (κ3) is 4.83. The van der Waals surface area contributed by atoms with Crippen molar-refractivity contribution in [2.24, 2.45) is 0 Å². The van der Waals surface area contributed by atoms with Crippen LogP contribution in [-0.2, 0) is 16.1 Å². The van der Waals surface area contributed by atoms with Crippen LogP contribution < -0.4 is 4.90 Å². The number of non-ortho nitro benzene ring substituents is 1.